The monoisotopic (exact) mass is 274 g/mol. The first-order valence-electron chi connectivity index (χ1n) is 3.51. The molecule has 1 rings (SSSR count). The average molecular weight is 274 g/mol. The molecule has 72 valence electrons. The van der Waals surface area contributed by atoms with Gasteiger partial charge < -0.3 is 0 Å². The van der Waals surface area contributed by atoms with Gasteiger partial charge in [0, 0.05) is 0 Å². The van der Waals surface area contributed by atoms with E-state index in [1.165, 1.54) is 18.2 Å². The number of hydrogen-bond donors (Lipinski definition) is 1. The molecule has 1 aromatic carbocycles. The fraction of sp³-hybridized carbons (Fsp3) is 0. The van der Waals surface area contributed by atoms with Gasteiger partial charge in [-0.05, 0) is 0 Å². The van der Waals surface area contributed by atoms with E-state index in [2.05, 4.69) is 8.28 Å². The molecule has 0 radical (unpaired) electrons. The maximum absolute atomic E-state index is 11.2. The molecule has 0 bridgehead atoms. The van der Waals surface area contributed by atoms with Crippen molar-refractivity contribution in [2.45, 2.75) is 0 Å². The summed E-state index contributed by atoms with van der Waals surface area (Å²) < 4.78 is 4.20. The molecule has 0 aliphatic heterocycles. The van der Waals surface area contributed by atoms with E-state index in [1.807, 2.05) is 0 Å². The van der Waals surface area contributed by atoms with Crippen molar-refractivity contribution in [1.29, 1.82) is 0 Å². The van der Waals surface area contributed by atoms with Crippen molar-refractivity contribution in [2.24, 2.45) is 0 Å². The molecule has 6 heteroatoms. The molecule has 14 heavy (non-hydrogen) atoms. The summed E-state index contributed by atoms with van der Waals surface area (Å²) >= 11 is 0.834. The van der Waals surface area contributed by atoms with Gasteiger partial charge in [0.05, 0.1) is 0 Å². The van der Waals surface area contributed by atoms with Crippen molar-refractivity contribution in [2.75, 3.05) is 0 Å². The molecule has 0 fully saturated rings. The van der Waals surface area contributed by atoms with E-state index >= 15 is 0 Å². The number of carboxylic acid groups (broad SMARTS) is 1. The Bertz CT molecular complexity index is 363. The minimum atomic E-state index is -1.18. The summed E-state index contributed by atoms with van der Waals surface area (Å²) in [5, 5.41) is 8.74. The third kappa shape index (κ3) is 2.43. The summed E-state index contributed by atoms with van der Waals surface area (Å²) in [4.78, 5) is 26.1. The Morgan fingerprint density at radius 3 is 2.29 bits per heavy atom. The standard InChI is InChI=1S/C8H6O5.Nb/c9-7(10)5-3-1-2-4-6(5)8(11)13-12;/h1-4,12H,(H,9,10);/q;+1/p-1. The minimum absolute atomic E-state index is 0.0320. The van der Waals surface area contributed by atoms with Crippen LogP contribution in [-0.2, 0) is 29.7 Å². The van der Waals surface area contributed by atoms with Gasteiger partial charge in [-0.3, -0.25) is 0 Å². The molecule has 0 saturated heterocycles. The molecule has 0 aliphatic carbocycles. The zero-order chi connectivity index (χ0) is 10.6. The molecule has 0 spiro atoms. The Labute approximate surface area is 92.0 Å². The van der Waals surface area contributed by atoms with Crippen molar-refractivity contribution in [3.63, 3.8) is 0 Å². The predicted octanol–water partition coefficient (Wildman–Crippen LogP) is 0.935. The summed E-state index contributed by atoms with van der Waals surface area (Å²) in [6, 6.07) is 5.74. The maximum atomic E-state index is 11.2. The molecule has 0 unspecified atom stereocenters. The van der Waals surface area contributed by atoms with Gasteiger partial charge in [0.2, 0.25) is 0 Å². The molecule has 0 amide bonds. The van der Waals surface area contributed by atoms with Gasteiger partial charge in [0.1, 0.15) is 0 Å². The van der Waals surface area contributed by atoms with Gasteiger partial charge in [-0.1, -0.05) is 0 Å². The molecule has 0 heterocycles. The van der Waals surface area contributed by atoms with Crippen molar-refractivity contribution in [1.82, 2.24) is 0 Å². The second-order valence-corrected chi connectivity index (χ2v) is 2.66. The Kier molecular flexibility index (Phi) is 3.84. The van der Waals surface area contributed by atoms with E-state index in [0.717, 1.165) is 21.5 Å². The molecule has 5 nitrogen and oxygen atoms in total. The van der Waals surface area contributed by atoms with Crippen LogP contribution in [0.1, 0.15) is 20.7 Å². The number of carbonyl (C=O) groups excluding carboxylic acids is 1. The van der Waals surface area contributed by atoms with Crippen LogP contribution in [0.25, 0.3) is 0 Å². The number of hydrogen-bond acceptors (Lipinski definition) is 4. The molecule has 0 atom stereocenters. The SMILES string of the molecule is O=C(O)c1ccccc1C(=O)O[O][Nb]. The predicted molar refractivity (Wildman–Crippen MR) is 39.9 cm³/mol. The fourth-order valence-electron chi connectivity index (χ4n) is 0.926. The van der Waals surface area contributed by atoms with Crippen molar-refractivity contribution in [3.8, 4) is 0 Å². The molecule has 0 aliphatic rings. The van der Waals surface area contributed by atoms with Crippen LogP contribution < -0.4 is 0 Å². The van der Waals surface area contributed by atoms with E-state index in [4.69, 9.17) is 5.11 Å². The van der Waals surface area contributed by atoms with Crippen LogP contribution >= 0.6 is 0 Å². The second kappa shape index (κ2) is 4.92. The number of benzene rings is 1. The second-order valence-electron chi connectivity index (χ2n) is 2.30. The number of aromatic carboxylic acids is 1. The van der Waals surface area contributed by atoms with Gasteiger partial charge in [0.15, 0.2) is 0 Å². The third-order valence-electron chi connectivity index (χ3n) is 1.49. The number of rotatable bonds is 3. The zero-order valence-corrected chi connectivity index (χ0v) is 9.04. The Morgan fingerprint density at radius 1 is 1.21 bits per heavy atom. The van der Waals surface area contributed by atoms with E-state index in [9.17, 15) is 9.59 Å². The van der Waals surface area contributed by atoms with Crippen LogP contribution in [0.5, 0.6) is 0 Å². The number of carboxylic acids is 1. The van der Waals surface area contributed by atoms with E-state index in [-0.39, 0.29) is 11.1 Å². The summed E-state index contributed by atoms with van der Waals surface area (Å²) in [6.07, 6.45) is 0. The van der Waals surface area contributed by atoms with Gasteiger partial charge in [0.25, 0.3) is 0 Å². The summed E-state index contributed by atoms with van der Waals surface area (Å²) in [5.74, 6) is -2.00. The molecule has 1 N–H and O–H groups in total. The molecule has 0 aromatic heterocycles. The van der Waals surface area contributed by atoms with Crippen LogP contribution in [0, 0.1) is 0 Å². The topological polar surface area (TPSA) is 72.8 Å². The Balaban J connectivity index is 3.07. The first-order chi connectivity index (χ1) is 6.66. The van der Waals surface area contributed by atoms with E-state index in [0.29, 0.717) is 0 Å². The van der Waals surface area contributed by atoms with Crippen LogP contribution in [0.4, 0.5) is 0 Å². The van der Waals surface area contributed by atoms with E-state index in [1.54, 1.807) is 6.07 Å². The first kappa shape index (κ1) is 10.9. The molecular weight excluding hydrogens is 269 g/mol. The van der Waals surface area contributed by atoms with Crippen molar-refractivity contribution < 1.29 is 44.4 Å². The summed E-state index contributed by atoms with van der Waals surface area (Å²) in [5.41, 5.74) is -0.143. The van der Waals surface area contributed by atoms with Crippen molar-refractivity contribution >= 4 is 11.9 Å². The first-order valence-corrected chi connectivity index (χ1v) is 4.41. The summed E-state index contributed by atoms with van der Waals surface area (Å²) in [7, 11) is 0. The summed E-state index contributed by atoms with van der Waals surface area (Å²) in [6.45, 7) is 0. The van der Waals surface area contributed by atoms with Gasteiger partial charge in [-0.25, -0.2) is 0 Å². The van der Waals surface area contributed by atoms with E-state index < -0.39 is 11.9 Å². The zero-order valence-electron chi connectivity index (χ0n) is 6.84. The van der Waals surface area contributed by atoms with Crippen LogP contribution in [-0.4, -0.2) is 17.0 Å². The van der Waals surface area contributed by atoms with Gasteiger partial charge in [-0.2, -0.15) is 0 Å². The van der Waals surface area contributed by atoms with Crippen molar-refractivity contribution in [3.05, 3.63) is 35.4 Å². The number of carbonyl (C=O) groups is 2. The fourth-order valence-corrected chi connectivity index (χ4v) is 1.09. The van der Waals surface area contributed by atoms with Crippen LogP contribution in [0.2, 0.25) is 0 Å². The van der Waals surface area contributed by atoms with Gasteiger partial charge >= 0.3 is 91.8 Å². The van der Waals surface area contributed by atoms with Gasteiger partial charge in [-0.15, -0.1) is 0 Å². The molecule has 0 saturated carbocycles. The third-order valence-corrected chi connectivity index (χ3v) is 1.67. The quantitative estimate of drug-likeness (QED) is 0.504. The normalized spacial score (nSPS) is 9.43. The Morgan fingerprint density at radius 2 is 1.79 bits per heavy atom. The van der Waals surface area contributed by atoms with Crippen LogP contribution in [0.3, 0.4) is 0 Å². The van der Waals surface area contributed by atoms with Crippen LogP contribution in [0.15, 0.2) is 24.3 Å². The average Bonchev–Trinajstić information content (AvgIpc) is 2.18. The molecule has 1 aromatic rings. The molecular formula is C8H5NbO5. The Hall–Kier alpha value is -1.14.